The van der Waals surface area contributed by atoms with E-state index < -0.39 is 12.1 Å². The normalized spacial score (nSPS) is 18.4. The number of pyridine rings is 1. The summed E-state index contributed by atoms with van der Waals surface area (Å²) < 4.78 is 0. The number of likely N-dealkylation sites (tertiary alicyclic amines) is 2. The Balaban J connectivity index is 0.920. The maximum atomic E-state index is 13.4. The second-order valence-electron chi connectivity index (χ2n) is 13.5. The zero-order chi connectivity index (χ0) is 35.6. The van der Waals surface area contributed by atoms with E-state index in [0.717, 1.165) is 82.2 Å². The Morgan fingerprint density at radius 2 is 1.04 bits per heavy atom. The van der Waals surface area contributed by atoms with Crippen LogP contribution in [0.5, 0.6) is 0 Å². The van der Waals surface area contributed by atoms with Crippen LogP contribution in [0.4, 0.5) is 0 Å². The topological polar surface area (TPSA) is 163 Å². The number of amides is 2. The molecule has 262 valence electrons. The number of aromatic amines is 2. The highest BCUT2D eigenvalue weighted by molar-refractivity contribution is 5.84. The van der Waals surface area contributed by atoms with E-state index in [2.05, 4.69) is 19.9 Å². The number of carbonyl (C=O) groups is 2. The van der Waals surface area contributed by atoms with Gasteiger partial charge in [-0.25, -0.2) is 9.97 Å². The largest absolute Gasteiger partial charge is 0.340 e. The van der Waals surface area contributed by atoms with Crippen molar-refractivity contribution in [2.24, 2.45) is 11.5 Å². The molecule has 6 aromatic rings. The first-order chi connectivity index (χ1) is 25.4. The SMILES string of the molecule is NC(C(=O)N1CCC[C@H]1c1ncc(-c2ccc(-c3ccc(-c4cnc([C@@H]5CCCN5C(=O)[C@H](N)c5ccccc5)[nH]4)cn3)cc2)[nH]1)c1ccccc1. The molecule has 0 aliphatic carbocycles. The molecule has 2 fully saturated rings. The molecule has 0 bridgehead atoms. The van der Waals surface area contributed by atoms with E-state index >= 15 is 0 Å². The van der Waals surface area contributed by atoms with Gasteiger partial charge in [-0.05, 0) is 54.5 Å². The van der Waals surface area contributed by atoms with E-state index in [1.165, 1.54) is 0 Å². The lowest BCUT2D eigenvalue weighted by Crippen LogP contribution is -2.38. The maximum absolute atomic E-state index is 13.4. The summed E-state index contributed by atoms with van der Waals surface area (Å²) in [6, 6.07) is 29.5. The monoisotopic (exact) mass is 691 g/mol. The van der Waals surface area contributed by atoms with Gasteiger partial charge >= 0.3 is 0 Å². The minimum absolute atomic E-state index is 0.0841. The van der Waals surface area contributed by atoms with Crippen molar-refractivity contribution >= 4 is 11.8 Å². The molecule has 8 rings (SSSR count). The van der Waals surface area contributed by atoms with Gasteiger partial charge in [0, 0.05) is 30.4 Å². The second-order valence-corrected chi connectivity index (χ2v) is 13.5. The first-order valence-corrected chi connectivity index (χ1v) is 17.8. The minimum atomic E-state index is -0.705. The number of nitrogens with one attached hydrogen (secondary N) is 2. The van der Waals surface area contributed by atoms with Crippen LogP contribution in [-0.4, -0.2) is 59.6 Å². The van der Waals surface area contributed by atoms with Crippen molar-refractivity contribution in [1.82, 2.24) is 34.7 Å². The van der Waals surface area contributed by atoms with Crippen LogP contribution in [0, 0.1) is 0 Å². The lowest BCUT2D eigenvalue weighted by Gasteiger charge is -2.26. The molecule has 2 aliphatic heterocycles. The average Bonchev–Trinajstić information content (AvgIpc) is 4.04. The molecule has 6 N–H and O–H groups in total. The molecular weight excluding hydrogens is 651 g/mol. The Morgan fingerprint density at radius 3 is 1.52 bits per heavy atom. The summed E-state index contributed by atoms with van der Waals surface area (Å²) in [7, 11) is 0. The van der Waals surface area contributed by atoms with Crippen LogP contribution in [0.3, 0.4) is 0 Å². The number of H-pyrrole nitrogens is 2. The first kappa shape index (κ1) is 33.2. The number of nitrogens with zero attached hydrogens (tertiary/aromatic N) is 5. The van der Waals surface area contributed by atoms with Gasteiger partial charge in [0.1, 0.15) is 23.7 Å². The van der Waals surface area contributed by atoms with Gasteiger partial charge in [0.2, 0.25) is 11.8 Å². The number of nitrogens with two attached hydrogens (primary N) is 2. The zero-order valence-corrected chi connectivity index (χ0v) is 28.7. The first-order valence-electron chi connectivity index (χ1n) is 17.8. The fourth-order valence-electron chi connectivity index (χ4n) is 7.44. The number of hydrogen-bond donors (Lipinski definition) is 4. The third-order valence-corrected chi connectivity index (χ3v) is 10.3. The standard InChI is InChI=1S/C41H41N9O2/c42-36(28-9-3-1-4-10-28)40(51)49-21-7-13-34(49)38-45-24-32(47-38)27-17-15-26(16-18-27)31-20-19-30(23-44-31)33-25-46-39(48-33)35-14-8-22-50(35)41(52)37(43)29-11-5-2-6-12-29/h1-6,9-12,15-20,23-25,34-37H,7-8,13-14,21-22,42-43H2,(H,45,47)(H,46,48)/t34-,35-,36?,37+/m0/s1. The summed E-state index contributed by atoms with van der Waals surface area (Å²) in [6.45, 7) is 1.31. The van der Waals surface area contributed by atoms with Crippen molar-refractivity contribution in [3.05, 3.63) is 138 Å². The number of imidazole rings is 2. The molecule has 0 radical (unpaired) electrons. The Kier molecular flexibility index (Phi) is 9.19. The number of carbonyl (C=O) groups excluding carboxylic acids is 2. The fraction of sp³-hybridized carbons (Fsp3) is 0.244. The Morgan fingerprint density at radius 1 is 0.577 bits per heavy atom. The highest BCUT2D eigenvalue weighted by Gasteiger charge is 2.36. The highest BCUT2D eigenvalue weighted by atomic mass is 16.2. The van der Waals surface area contributed by atoms with Gasteiger partial charge in [0.25, 0.3) is 0 Å². The van der Waals surface area contributed by atoms with Crippen LogP contribution < -0.4 is 11.5 Å². The van der Waals surface area contributed by atoms with E-state index in [0.29, 0.717) is 13.1 Å². The Bertz CT molecular complexity index is 1990. The van der Waals surface area contributed by atoms with Crippen molar-refractivity contribution in [3.8, 4) is 33.8 Å². The molecule has 11 heteroatoms. The smallest absolute Gasteiger partial charge is 0.244 e. The lowest BCUT2D eigenvalue weighted by atomic mass is 10.1. The molecule has 0 spiro atoms. The summed E-state index contributed by atoms with van der Waals surface area (Å²) in [5, 5.41) is 0. The number of benzene rings is 3. The number of hydrogen-bond acceptors (Lipinski definition) is 7. The van der Waals surface area contributed by atoms with Crippen LogP contribution in [0.2, 0.25) is 0 Å². The molecular formula is C41H41N9O2. The van der Waals surface area contributed by atoms with Gasteiger partial charge in [-0.2, -0.15) is 0 Å². The minimum Gasteiger partial charge on any atom is -0.340 e. The molecule has 52 heavy (non-hydrogen) atoms. The molecule has 4 atom stereocenters. The molecule has 5 heterocycles. The van der Waals surface area contributed by atoms with Gasteiger partial charge in [0.05, 0.1) is 41.6 Å². The average molecular weight is 692 g/mol. The maximum Gasteiger partial charge on any atom is 0.244 e. The predicted molar refractivity (Wildman–Crippen MR) is 199 cm³/mol. The van der Waals surface area contributed by atoms with E-state index in [1.54, 1.807) is 6.20 Å². The third-order valence-electron chi connectivity index (χ3n) is 10.3. The summed E-state index contributed by atoms with van der Waals surface area (Å²) in [5.41, 5.74) is 19.8. The van der Waals surface area contributed by atoms with Crippen molar-refractivity contribution in [3.63, 3.8) is 0 Å². The third kappa shape index (κ3) is 6.52. The lowest BCUT2D eigenvalue weighted by molar-refractivity contribution is -0.134. The molecule has 1 unspecified atom stereocenters. The summed E-state index contributed by atoms with van der Waals surface area (Å²) in [4.78, 5) is 51.4. The Hall–Kier alpha value is -5.91. The van der Waals surface area contributed by atoms with Crippen molar-refractivity contribution in [2.45, 2.75) is 49.9 Å². The summed E-state index contributed by atoms with van der Waals surface area (Å²) in [6.07, 6.45) is 8.93. The van der Waals surface area contributed by atoms with E-state index in [4.69, 9.17) is 16.5 Å². The highest BCUT2D eigenvalue weighted by Crippen LogP contribution is 2.35. The van der Waals surface area contributed by atoms with Crippen molar-refractivity contribution in [2.75, 3.05) is 13.1 Å². The van der Waals surface area contributed by atoms with Crippen LogP contribution in [0.1, 0.15) is 72.6 Å². The molecule has 0 saturated carbocycles. The Labute approximate surface area is 302 Å². The fourth-order valence-corrected chi connectivity index (χ4v) is 7.44. The van der Waals surface area contributed by atoms with Crippen molar-refractivity contribution < 1.29 is 9.59 Å². The number of aromatic nitrogens is 5. The molecule has 2 amide bonds. The molecule has 3 aromatic carbocycles. The second kappa shape index (κ2) is 14.4. The van der Waals surface area contributed by atoms with Crippen LogP contribution in [0.25, 0.3) is 33.8 Å². The van der Waals surface area contributed by atoms with Gasteiger partial charge in [-0.1, -0.05) is 84.9 Å². The zero-order valence-electron chi connectivity index (χ0n) is 28.7. The van der Waals surface area contributed by atoms with Crippen molar-refractivity contribution in [1.29, 1.82) is 0 Å². The summed E-state index contributed by atoms with van der Waals surface area (Å²) in [5.74, 6) is 1.35. The molecule has 2 saturated heterocycles. The summed E-state index contributed by atoms with van der Waals surface area (Å²) >= 11 is 0. The predicted octanol–water partition coefficient (Wildman–Crippen LogP) is 6.26. The molecule has 2 aliphatic rings. The van der Waals surface area contributed by atoms with Gasteiger partial charge in [-0.3, -0.25) is 14.6 Å². The molecule has 11 nitrogen and oxygen atoms in total. The van der Waals surface area contributed by atoms with E-state index in [1.807, 2.05) is 119 Å². The van der Waals surface area contributed by atoms with Crippen LogP contribution >= 0.6 is 0 Å². The molecule has 3 aromatic heterocycles. The quantitative estimate of drug-likeness (QED) is 0.139. The number of rotatable bonds is 9. The van der Waals surface area contributed by atoms with Crippen LogP contribution in [0.15, 0.2) is 116 Å². The van der Waals surface area contributed by atoms with E-state index in [9.17, 15) is 9.59 Å². The van der Waals surface area contributed by atoms with Crippen LogP contribution in [-0.2, 0) is 9.59 Å². The van der Waals surface area contributed by atoms with Gasteiger partial charge < -0.3 is 31.2 Å². The van der Waals surface area contributed by atoms with E-state index in [-0.39, 0.29) is 23.9 Å². The van der Waals surface area contributed by atoms with Gasteiger partial charge in [-0.15, -0.1) is 0 Å². The van der Waals surface area contributed by atoms with Gasteiger partial charge in [0.15, 0.2) is 0 Å².